The van der Waals surface area contributed by atoms with E-state index in [4.69, 9.17) is 25.1 Å². The van der Waals surface area contributed by atoms with Gasteiger partial charge in [-0.15, -0.1) is 0 Å². The van der Waals surface area contributed by atoms with Crippen molar-refractivity contribution in [2.24, 2.45) is 10.7 Å². The molecule has 0 radical (unpaired) electrons. The normalized spacial score (nSPS) is 19.6. The number of hydrogen-bond acceptors (Lipinski definition) is 7. The van der Waals surface area contributed by atoms with E-state index in [2.05, 4.69) is 9.98 Å². The minimum absolute atomic E-state index is 0.149. The van der Waals surface area contributed by atoms with Gasteiger partial charge in [-0.1, -0.05) is 6.07 Å². The fraction of sp³-hybridized carbons (Fsp3) is 0.333. The van der Waals surface area contributed by atoms with Crippen LogP contribution in [-0.4, -0.2) is 54.4 Å². The Balaban J connectivity index is 0.00000114. The highest BCUT2D eigenvalue weighted by Crippen LogP contribution is 2.43. The third kappa shape index (κ3) is 5.41. The van der Waals surface area contributed by atoms with Crippen molar-refractivity contribution in [1.82, 2.24) is 4.98 Å². The molecule has 0 spiro atoms. The first-order valence-corrected chi connectivity index (χ1v) is 9.27. The first-order valence-electron chi connectivity index (χ1n) is 9.27. The number of hydrogen-bond donors (Lipinski definition) is 2. The van der Waals surface area contributed by atoms with Gasteiger partial charge in [-0.3, -0.25) is 14.6 Å². The summed E-state index contributed by atoms with van der Waals surface area (Å²) in [6, 6.07) is 6.70. The van der Waals surface area contributed by atoms with E-state index < -0.39 is 23.9 Å². The second-order valence-electron chi connectivity index (χ2n) is 6.98. The quantitative estimate of drug-likeness (QED) is 0.527. The van der Waals surface area contributed by atoms with Crippen LogP contribution in [0.2, 0.25) is 0 Å². The average Bonchev–Trinajstić information content (AvgIpc) is 2.85. The summed E-state index contributed by atoms with van der Waals surface area (Å²) in [5, 5.41) is 6.89. The Hall–Kier alpha value is -3.47. The number of aromatic nitrogens is 1. The van der Waals surface area contributed by atoms with Crippen LogP contribution in [0.15, 0.2) is 41.5 Å². The third-order valence-corrected chi connectivity index (χ3v) is 4.79. The van der Waals surface area contributed by atoms with Crippen LogP contribution in [0.5, 0.6) is 5.75 Å². The summed E-state index contributed by atoms with van der Waals surface area (Å²) in [5.41, 5.74) is 3.53. The van der Waals surface area contributed by atoms with Crippen LogP contribution in [0.3, 0.4) is 0 Å². The zero-order valence-corrected chi connectivity index (χ0v) is 17.3. The van der Waals surface area contributed by atoms with Gasteiger partial charge in [0.05, 0.1) is 13.3 Å². The number of rotatable bonds is 5. The number of alkyl halides is 2. The van der Waals surface area contributed by atoms with Crippen LogP contribution in [0.25, 0.3) is 0 Å². The number of methoxy groups -OCH3 is 1. The molecule has 11 heteroatoms. The SMILES string of the molecule is COc1ccc(C(=O)Cc2ccc(F)c([C@@]3(C)N=C(N)COCC3(F)F)c2)nc1.O=CO. The van der Waals surface area contributed by atoms with Gasteiger partial charge in [0.2, 0.25) is 0 Å². The van der Waals surface area contributed by atoms with E-state index in [-0.39, 0.29) is 42.4 Å². The Bertz CT molecular complexity index is 999. The van der Waals surface area contributed by atoms with Crippen LogP contribution < -0.4 is 10.5 Å². The van der Waals surface area contributed by atoms with E-state index in [9.17, 15) is 18.0 Å². The maximum absolute atomic E-state index is 14.7. The minimum Gasteiger partial charge on any atom is -0.495 e. The predicted molar refractivity (Wildman–Crippen MR) is 109 cm³/mol. The number of nitrogens with zero attached hydrogens (tertiary/aromatic N) is 2. The van der Waals surface area contributed by atoms with Crippen LogP contribution >= 0.6 is 0 Å². The summed E-state index contributed by atoms with van der Waals surface area (Å²) in [5.74, 6) is -4.40. The molecule has 0 aliphatic carbocycles. The maximum Gasteiger partial charge on any atom is 0.299 e. The molecule has 2 aromatic rings. The van der Waals surface area contributed by atoms with Gasteiger partial charge in [0.1, 0.15) is 36.3 Å². The molecule has 2 heterocycles. The van der Waals surface area contributed by atoms with Gasteiger partial charge < -0.3 is 20.3 Å². The fourth-order valence-corrected chi connectivity index (χ4v) is 3.08. The van der Waals surface area contributed by atoms with Gasteiger partial charge in [0.25, 0.3) is 12.4 Å². The molecule has 1 aliphatic heterocycles. The van der Waals surface area contributed by atoms with Crippen molar-refractivity contribution in [1.29, 1.82) is 0 Å². The molecule has 0 saturated heterocycles. The topological polar surface area (TPSA) is 124 Å². The van der Waals surface area contributed by atoms with Gasteiger partial charge in [-0.25, -0.2) is 18.2 Å². The molecule has 172 valence electrons. The molecule has 0 bridgehead atoms. The van der Waals surface area contributed by atoms with E-state index in [1.54, 1.807) is 6.07 Å². The highest BCUT2D eigenvalue weighted by molar-refractivity contribution is 5.95. The van der Waals surface area contributed by atoms with Crippen LogP contribution in [0.1, 0.15) is 28.5 Å². The molecule has 3 rings (SSSR count). The van der Waals surface area contributed by atoms with E-state index in [0.29, 0.717) is 11.3 Å². The Morgan fingerprint density at radius 1 is 1.34 bits per heavy atom. The first kappa shape index (κ1) is 24.8. The molecule has 1 aliphatic rings. The molecular formula is C21H22F3N3O5. The summed E-state index contributed by atoms with van der Waals surface area (Å²) >= 11 is 0. The lowest BCUT2D eigenvalue weighted by atomic mass is 9.84. The lowest BCUT2D eigenvalue weighted by Crippen LogP contribution is -2.45. The molecular weight excluding hydrogens is 431 g/mol. The summed E-state index contributed by atoms with van der Waals surface area (Å²) in [4.78, 5) is 28.7. The number of benzene rings is 1. The number of Topliss-reactive ketones (excluding diaryl/α,β-unsaturated/α-hetero) is 1. The molecule has 1 atom stereocenters. The summed E-state index contributed by atoms with van der Waals surface area (Å²) in [7, 11) is 1.47. The number of pyridine rings is 1. The monoisotopic (exact) mass is 453 g/mol. The molecule has 0 fully saturated rings. The summed E-state index contributed by atoms with van der Waals surface area (Å²) in [6.07, 6.45) is 1.25. The summed E-state index contributed by atoms with van der Waals surface area (Å²) < 4.78 is 53.9. The van der Waals surface area contributed by atoms with Crippen molar-refractivity contribution in [3.05, 3.63) is 59.2 Å². The molecule has 0 saturated carbocycles. The second-order valence-corrected chi connectivity index (χ2v) is 6.98. The Kier molecular flexibility index (Phi) is 7.92. The number of carbonyl (C=O) groups is 2. The zero-order valence-electron chi connectivity index (χ0n) is 17.3. The third-order valence-electron chi connectivity index (χ3n) is 4.79. The van der Waals surface area contributed by atoms with Crippen molar-refractivity contribution in [3.63, 3.8) is 0 Å². The first-order chi connectivity index (χ1) is 15.1. The number of halogens is 3. The predicted octanol–water partition coefficient (Wildman–Crippen LogP) is 2.59. The lowest BCUT2D eigenvalue weighted by molar-refractivity contribution is -0.122. The smallest absolute Gasteiger partial charge is 0.299 e. The Labute approximate surface area is 181 Å². The van der Waals surface area contributed by atoms with Crippen molar-refractivity contribution >= 4 is 18.1 Å². The molecule has 0 amide bonds. The van der Waals surface area contributed by atoms with Crippen LogP contribution in [0, 0.1) is 5.82 Å². The molecule has 32 heavy (non-hydrogen) atoms. The van der Waals surface area contributed by atoms with Crippen molar-refractivity contribution in [3.8, 4) is 5.75 Å². The lowest BCUT2D eigenvalue weighted by Gasteiger charge is -2.33. The number of carboxylic acid groups (broad SMARTS) is 1. The standard InChI is InChI=1S/C20H20F3N3O3.CH2O2/c1-19(20(22,23)11-29-10-18(24)26-19)14-7-12(3-5-15(14)21)8-17(27)16-6-4-13(28-2)9-25-16;2-1-3/h3-7,9H,8,10-11H2,1-2H3,(H2,24,26);1H,(H,2,3)/t19-;/m1./s1. The molecule has 0 unspecified atom stereocenters. The molecule has 1 aromatic heterocycles. The maximum atomic E-state index is 14.7. The molecule has 3 N–H and O–H groups in total. The van der Waals surface area contributed by atoms with E-state index in [0.717, 1.165) is 13.0 Å². The van der Waals surface area contributed by atoms with Crippen LogP contribution in [-0.2, 0) is 21.5 Å². The number of nitrogens with two attached hydrogens (primary N) is 1. The molecule has 1 aromatic carbocycles. The fourth-order valence-electron chi connectivity index (χ4n) is 3.08. The average molecular weight is 453 g/mol. The summed E-state index contributed by atoms with van der Waals surface area (Å²) in [6.45, 7) is -0.371. The largest absolute Gasteiger partial charge is 0.495 e. The van der Waals surface area contributed by atoms with Crippen molar-refractivity contribution in [2.45, 2.75) is 24.8 Å². The highest BCUT2D eigenvalue weighted by Gasteiger charge is 2.54. The second kappa shape index (κ2) is 10.2. The van der Waals surface area contributed by atoms with E-state index in [1.165, 1.54) is 31.5 Å². The van der Waals surface area contributed by atoms with Crippen molar-refractivity contribution < 1.29 is 37.3 Å². The van der Waals surface area contributed by atoms with Gasteiger partial charge >= 0.3 is 0 Å². The van der Waals surface area contributed by atoms with Crippen molar-refractivity contribution in [2.75, 3.05) is 20.3 Å². The Morgan fingerprint density at radius 2 is 2.03 bits per heavy atom. The number of amidine groups is 1. The molecule has 8 nitrogen and oxygen atoms in total. The number of ether oxygens (including phenoxy) is 2. The van der Waals surface area contributed by atoms with E-state index >= 15 is 0 Å². The minimum atomic E-state index is -3.50. The van der Waals surface area contributed by atoms with Gasteiger partial charge in [-0.2, -0.15) is 0 Å². The zero-order chi connectivity index (χ0) is 23.9. The highest BCUT2D eigenvalue weighted by atomic mass is 19.3. The number of carbonyl (C=O) groups excluding carboxylic acids is 1. The van der Waals surface area contributed by atoms with Gasteiger partial charge in [-0.05, 0) is 36.8 Å². The number of ketones is 1. The Morgan fingerprint density at radius 3 is 2.62 bits per heavy atom. The van der Waals surface area contributed by atoms with Crippen LogP contribution in [0.4, 0.5) is 13.2 Å². The van der Waals surface area contributed by atoms with Gasteiger partial charge in [0.15, 0.2) is 11.3 Å². The number of aliphatic imine (C=N–C) groups is 1. The van der Waals surface area contributed by atoms with E-state index in [1.807, 2.05) is 0 Å². The van der Waals surface area contributed by atoms with Gasteiger partial charge in [0, 0.05) is 12.0 Å².